The minimum atomic E-state index is -1.01. The van der Waals surface area contributed by atoms with Gasteiger partial charge in [0.25, 0.3) is 0 Å². The monoisotopic (exact) mass is 284 g/mol. The molecule has 0 aliphatic heterocycles. The van der Waals surface area contributed by atoms with Gasteiger partial charge in [0.1, 0.15) is 17.5 Å². The Morgan fingerprint density at radius 2 is 1.74 bits per heavy atom. The normalized spacial score (nSPS) is 12.5. The van der Waals surface area contributed by atoms with Gasteiger partial charge >= 0.3 is 0 Å². The molecule has 0 bridgehead atoms. The molecule has 0 amide bonds. The van der Waals surface area contributed by atoms with Gasteiger partial charge in [0, 0.05) is 21.4 Å². The average Bonchev–Trinajstić information content (AvgIpc) is 2.32. The van der Waals surface area contributed by atoms with E-state index in [0.29, 0.717) is 4.90 Å². The van der Waals surface area contributed by atoms with Gasteiger partial charge in [-0.05, 0) is 31.2 Å². The zero-order valence-corrected chi connectivity index (χ0v) is 10.8. The van der Waals surface area contributed by atoms with E-state index in [1.165, 1.54) is 25.1 Å². The first kappa shape index (κ1) is 14.0. The molecule has 0 aliphatic rings. The highest BCUT2D eigenvalue weighted by Gasteiger charge is 2.15. The van der Waals surface area contributed by atoms with Crippen molar-refractivity contribution in [1.29, 1.82) is 0 Å². The second kappa shape index (κ2) is 5.67. The Morgan fingerprint density at radius 3 is 2.37 bits per heavy atom. The molecule has 5 heteroatoms. The number of halogens is 3. The lowest BCUT2D eigenvalue weighted by atomic mass is 10.1. The van der Waals surface area contributed by atoms with Crippen molar-refractivity contribution in [3.63, 3.8) is 0 Å². The molecule has 0 spiro atoms. The van der Waals surface area contributed by atoms with E-state index in [1.54, 1.807) is 6.07 Å². The van der Waals surface area contributed by atoms with E-state index in [9.17, 15) is 18.3 Å². The quantitative estimate of drug-likeness (QED) is 0.906. The molecule has 0 aromatic heterocycles. The second-order valence-corrected chi connectivity index (χ2v) is 5.09. The lowest BCUT2D eigenvalue weighted by Gasteiger charge is -2.12. The van der Waals surface area contributed by atoms with Crippen LogP contribution in [0, 0.1) is 17.5 Å². The van der Waals surface area contributed by atoms with Crippen LogP contribution in [0.15, 0.2) is 46.2 Å². The SMILES string of the molecule is C[C@@H](O)c1c(F)cccc1Sc1ccc(F)cc1F. The van der Waals surface area contributed by atoms with Crippen molar-refractivity contribution < 1.29 is 18.3 Å². The predicted molar refractivity (Wildman–Crippen MR) is 67.5 cm³/mol. The third-order valence-corrected chi connectivity index (χ3v) is 3.67. The summed E-state index contributed by atoms with van der Waals surface area (Å²) < 4.78 is 40.0. The van der Waals surface area contributed by atoms with E-state index >= 15 is 0 Å². The van der Waals surface area contributed by atoms with Crippen molar-refractivity contribution in [2.24, 2.45) is 0 Å². The molecule has 0 heterocycles. The highest BCUT2D eigenvalue weighted by atomic mass is 32.2. The first-order chi connectivity index (χ1) is 8.99. The number of rotatable bonds is 3. The van der Waals surface area contributed by atoms with Gasteiger partial charge < -0.3 is 5.11 Å². The van der Waals surface area contributed by atoms with Crippen LogP contribution in [0.1, 0.15) is 18.6 Å². The zero-order chi connectivity index (χ0) is 14.0. The first-order valence-electron chi connectivity index (χ1n) is 5.58. The third kappa shape index (κ3) is 3.11. The van der Waals surface area contributed by atoms with E-state index in [0.717, 1.165) is 23.9 Å². The van der Waals surface area contributed by atoms with Gasteiger partial charge in [-0.15, -0.1) is 0 Å². The minimum absolute atomic E-state index is 0.108. The van der Waals surface area contributed by atoms with Gasteiger partial charge in [-0.3, -0.25) is 0 Å². The standard InChI is InChI=1S/C14H11F3OS/c1-8(18)14-10(16)3-2-4-13(14)19-12-6-5-9(15)7-11(12)17/h2-8,18H,1H3/t8-/m1/s1. The Hall–Kier alpha value is -1.46. The molecule has 0 saturated carbocycles. The molecule has 1 atom stereocenters. The molecule has 19 heavy (non-hydrogen) atoms. The summed E-state index contributed by atoms with van der Waals surface area (Å²) in [6.45, 7) is 1.43. The molecule has 0 radical (unpaired) electrons. The van der Waals surface area contributed by atoms with Crippen molar-refractivity contribution in [2.75, 3.05) is 0 Å². The second-order valence-electron chi connectivity index (χ2n) is 4.00. The summed E-state index contributed by atoms with van der Waals surface area (Å²) in [5.74, 6) is -1.94. The van der Waals surface area contributed by atoms with Crippen molar-refractivity contribution in [2.45, 2.75) is 22.8 Å². The van der Waals surface area contributed by atoms with Gasteiger partial charge in [0.15, 0.2) is 0 Å². The highest BCUT2D eigenvalue weighted by Crippen LogP contribution is 2.36. The van der Waals surface area contributed by atoms with Crippen LogP contribution in [0.25, 0.3) is 0 Å². The molecule has 100 valence electrons. The van der Waals surface area contributed by atoms with Crippen LogP contribution in [0.2, 0.25) is 0 Å². The van der Waals surface area contributed by atoms with Crippen molar-refractivity contribution >= 4 is 11.8 Å². The van der Waals surface area contributed by atoms with Crippen LogP contribution in [0.3, 0.4) is 0 Å². The summed E-state index contributed by atoms with van der Waals surface area (Å²) in [5.41, 5.74) is 0.108. The fraction of sp³-hybridized carbons (Fsp3) is 0.143. The molecular weight excluding hydrogens is 273 g/mol. The Labute approximate surface area is 113 Å². The maximum absolute atomic E-state index is 13.6. The van der Waals surface area contributed by atoms with Crippen LogP contribution in [-0.2, 0) is 0 Å². The summed E-state index contributed by atoms with van der Waals surface area (Å²) >= 11 is 0.950. The van der Waals surface area contributed by atoms with Gasteiger partial charge in [-0.2, -0.15) is 0 Å². The zero-order valence-electron chi connectivity index (χ0n) is 10.0. The van der Waals surface area contributed by atoms with E-state index in [1.807, 2.05) is 0 Å². The van der Waals surface area contributed by atoms with Gasteiger partial charge in [-0.1, -0.05) is 17.8 Å². The van der Waals surface area contributed by atoms with Crippen molar-refractivity contribution in [3.05, 3.63) is 59.4 Å². The Bertz CT molecular complexity index is 599. The van der Waals surface area contributed by atoms with E-state index in [4.69, 9.17) is 0 Å². The summed E-state index contributed by atoms with van der Waals surface area (Å²) in [6.07, 6.45) is -1.01. The smallest absolute Gasteiger partial charge is 0.140 e. The Balaban J connectivity index is 2.41. The summed E-state index contributed by atoms with van der Waals surface area (Å²) in [6, 6.07) is 7.47. The Kier molecular flexibility index (Phi) is 4.17. The van der Waals surface area contributed by atoms with Gasteiger partial charge in [0.05, 0.1) is 6.10 Å². The largest absolute Gasteiger partial charge is 0.389 e. The maximum Gasteiger partial charge on any atom is 0.140 e. The minimum Gasteiger partial charge on any atom is -0.389 e. The molecule has 0 saturated heterocycles. The molecule has 0 unspecified atom stereocenters. The number of aliphatic hydroxyl groups excluding tert-OH is 1. The number of hydrogen-bond donors (Lipinski definition) is 1. The molecule has 2 rings (SSSR count). The highest BCUT2D eigenvalue weighted by molar-refractivity contribution is 7.99. The van der Waals surface area contributed by atoms with Crippen LogP contribution in [0.4, 0.5) is 13.2 Å². The molecule has 1 N–H and O–H groups in total. The van der Waals surface area contributed by atoms with Crippen LogP contribution >= 0.6 is 11.8 Å². The number of aliphatic hydroxyl groups is 1. The lowest BCUT2D eigenvalue weighted by molar-refractivity contribution is 0.191. The topological polar surface area (TPSA) is 20.2 Å². The van der Waals surface area contributed by atoms with Crippen molar-refractivity contribution in [1.82, 2.24) is 0 Å². The van der Waals surface area contributed by atoms with E-state index in [2.05, 4.69) is 0 Å². The maximum atomic E-state index is 13.6. The molecule has 2 aromatic rings. The summed E-state index contributed by atoms with van der Waals surface area (Å²) in [7, 11) is 0. The summed E-state index contributed by atoms with van der Waals surface area (Å²) in [4.78, 5) is 0.578. The van der Waals surface area contributed by atoms with Crippen LogP contribution in [-0.4, -0.2) is 5.11 Å². The average molecular weight is 284 g/mol. The number of benzene rings is 2. The van der Waals surface area contributed by atoms with Gasteiger partial charge in [-0.25, -0.2) is 13.2 Å². The lowest BCUT2D eigenvalue weighted by Crippen LogP contribution is -1.98. The molecular formula is C14H11F3OS. The fourth-order valence-electron chi connectivity index (χ4n) is 1.69. The molecule has 2 aromatic carbocycles. The Morgan fingerprint density at radius 1 is 1.00 bits per heavy atom. The predicted octanol–water partition coefficient (Wildman–Crippen LogP) is 4.31. The molecule has 1 nitrogen and oxygen atoms in total. The molecule has 0 fully saturated rings. The third-order valence-electron chi connectivity index (χ3n) is 2.54. The molecule has 0 aliphatic carbocycles. The van der Waals surface area contributed by atoms with Crippen LogP contribution < -0.4 is 0 Å². The van der Waals surface area contributed by atoms with Crippen molar-refractivity contribution in [3.8, 4) is 0 Å². The van der Waals surface area contributed by atoms with Gasteiger partial charge in [0.2, 0.25) is 0 Å². The summed E-state index contributed by atoms with van der Waals surface area (Å²) in [5, 5.41) is 9.57. The first-order valence-corrected chi connectivity index (χ1v) is 6.40. The van der Waals surface area contributed by atoms with Crippen LogP contribution in [0.5, 0.6) is 0 Å². The fourth-order valence-corrected chi connectivity index (χ4v) is 2.74. The van der Waals surface area contributed by atoms with E-state index < -0.39 is 23.6 Å². The number of hydrogen-bond acceptors (Lipinski definition) is 2. The van der Waals surface area contributed by atoms with E-state index in [-0.39, 0.29) is 10.5 Å².